The number of rotatable bonds is 6. The molecule has 0 radical (unpaired) electrons. The van der Waals surface area contributed by atoms with E-state index in [9.17, 15) is 13.2 Å². The highest BCUT2D eigenvalue weighted by Gasteiger charge is 2.34. The number of carbonyl (C=O) groups excluding carboxylic acids is 1. The monoisotopic (exact) mass is 545 g/mol. The number of nitrogens with one attached hydrogen (secondary N) is 1. The molecule has 0 bridgehead atoms. The van der Waals surface area contributed by atoms with Crippen LogP contribution in [-0.2, 0) is 24.3 Å². The molecule has 32 heavy (non-hydrogen) atoms. The molecule has 6 nitrogen and oxygen atoms in total. The molecule has 0 saturated carbocycles. The van der Waals surface area contributed by atoms with Crippen LogP contribution in [0.4, 0.5) is 5.69 Å². The molecule has 0 heterocycles. The Kier molecular flexibility index (Phi) is 8.08. The molecule has 0 amide bonds. The molecule has 9 heteroatoms. The van der Waals surface area contributed by atoms with E-state index >= 15 is 0 Å². The number of sulfonamides is 1. The van der Waals surface area contributed by atoms with Crippen LogP contribution in [0.1, 0.15) is 49.1 Å². The van der Waals surface area contributed by atoms with Crippen molar-refractivity contribution >= 4 is 49.2 Å². The average molecular weight is 547 g/mol. The predicted molar refractivity (Wildman–Crippen MR) is 133 cm³/mol. The zero-order valence-electron chi connectivity index (χ0n) is 19.5. The van der Waals surface area contributed by atoms with Crippen molar-refractivity contribution < 1.29 is 22.7 Å². The number of halogens is 2. The van der Waals surface area contributed by atoms with Crippen LogP contribution in [0.25, 0.3) is 11.1 Å². The van der Waals surface area contributed by atoms with Crippen LogP contribution in [0.2, 0.25) is 5.02 Å². The molecule has 176 valence electrons. The maximum Gasteiger partial charge on any atom is 0.339 e. The van der Waals surface area contributed by atoms with Crippen molar-refractivity contribution in [2.45, 2.75) is 53.2 Å². The van der Waals surface area contributed by atoms with Crippen molar-refractivity contribution in [2.75, 3.05) is 18.1 Å². The van der Waals surface area contributed by atoms with Gasteiger partial charge in [-0.05, 0) is 75.9 Å². The summed E-state index contributed by atoms with van der Waals surface area (Å²) in [7, 11) is -2.34. The Morgan fingerprint density at radius 3 is 2.22 bits per heavy atom. The Balaban J connectivity index is 2.95. The maximum atomic E-state index is 12.7. The van der Waals surface area contributed by atoms with Crippen LogP contribution < -0.4 is 4.72 Å². The Bertz CT molecular complexity index is 1160. The van der Waals surface area contributed by atoms with E-state index < -0.39 is 27.7 Å². The van der Waals surface area contributed by atoms with Crippen molar-refractivity contribution in [3.8, 4) is 11.1 Å². The van der Waals surface area contributed by atoms with Crippen LogP contribution in [-0.4, -0.2) is 33.4 Å². The summed E-state index contributed by atoms with van der Waals surface area (Å²) in [5.74, 6) is -0.580. The number of hydrogen-bond donors (Lipinski definition) is 1. The van der Waals surface area contributed by atoms with E-state index in [-0.39, 0.29) is 0 Å². The third-order valence-corrected chi connectivity index (χ3v) is 6.87. The second kappa shape index (κ2) is 9.71. The SMILES string of the molecule is COC(=O)[C@@H](OC(C)(C)C)c1c(C)c(NS(C)(=O)=O)c(-c2ccc(Cl)c(C)c2)c(C)c1Br. The first-order valence-corrected chi connectivity index (χ1v) is 13.0. The van der Waals surface area contributed by atoms with E-state index in [1.54, 1.807) is 13.0 Å². The molecule has 2 aromatic carbocycles. The largest absolute Gasteiger partial charge is 0.467 e. The van der Waals surface area contributed by atoms with Crippen molar-refractivity contribution in [3.63, 3.8) is 0 Å². The van der Waals surface area contributed by atoms with Gasteiger partial charge in [0, 0.05) is 20.6 Å². The molecule has 2 rings (SSSR count). The number of aryl methyl sites for hydroxylation is 1. The van der Waals surface area contributed by atoms with Crippen molar-refractivity contribution in [2.24, 2.45) is 0 Å². The van der Waals surface area contributed by atoms with Gasteiger partial charge >= 0.3 is 5.97 Å². The van der Waals surface area contributed by atoms with Gasteiger partial charge in [0.25, 0.3) is 0 Å². The lowest BCUT2D eigenvalue weighted by atomic mass is 9.89. The minimum absolute atomic E-state index is 0.372. The van der Waals surface area contributed by atoms with Crippen LogP contribution >= 0.6 is 27.5 Å². The van der Waals surface area contributed by atoms with Gasteiger partial charge in [-0.3, -0.25) is 4.72 Å². The van der Waals surface area contributed by atoms with E-state index in [0.29, 0.717) is 31.9 Å². The Morgan fingerprint density at radius 2 is 1.75 bits per heavy atom. The van der Waals surface area contributed by atoms with Gasteiger partial charge in [0.05, 0.1) is 24.7 Å². The summed E-state index contributed by atoms with van der Waals surface area (Å²) in [5.41, 5.74) is 3.84. The number of hydrogen-bond acceptors (Lipinski definition) is 5. The molecule has 0 aromatic heterocycles. The molecule has 0 aliphatic carbocycles. The minimum Gasteiger partial charge on any atom is -0.467 e. The van der Waals surface area contributed by atoms with Gasteiger partial charge in [-0.2, -0.15) is 0 Å². The van der Waals surface area contributed by atoms with E-state index in [1.807, 2.05) is 46.8 Å². The lowest BCUT2D eigenvalue weighted by Crippen LogP contribution is -2.29. The van der Waals surface area contributed by atoms with Crippen LogP contribution in [0.5, 0.6) is 0 Å². The quantitative estimate of drug-likeness (QED) is 0.443. The van der Waals surface area contributed by atoms with Gasteiger partial charge in [-0.1, -0.05) is 33.6 Å². The average Bonchev–Trinajstić information content (AvgIpc) is 2.65. The molecule has 0 saturated heterocycles. The second-order valence-electron chi connectivity index (χ2n) is 8.70. The third-order valence-electron chi connectivity index (χ3n) is 4.85. The Morgan fingerprint density at radius 1 is 1.16 bits per heavy atom. The number of anilines is 1. The normalized spacial score (nSPS) is 13.1. The zero-order chi connectivity index (χ0) is 24.6. The van der Waals surface area contributed by atoms with Crippen LogP contribution in [0.3, 0.4) is 0 Å². The first kappa shape index (κ1) is 26.6. The van der Waals surface area contributed by atoms with Gasteiger partial charge in [-0.25, -0.2) is 13.2 Å². The summed E-state index contributed by atoms with van der Waals surface area (Å²) < 4.78 is 38.9. The zero-order valence-corrected chi connectivity index (χ0v) is 22.7. The van der Waals surface area contributed by atoms with Crippen LogP contribution in [0, 0.1) is 20.8 Å². The van der Waals surface area contributed by atoms with E-state index in [0.717, 1.165) is 22.9 Å². The highest BCUT2D eigenvalue weighted by molar-refractivity contribution is 9.10. The van der Waals surface area contributed by atoms with E-state index in [1.165, 1.54) is 7.11 Å². The topological polar surface area (TPSA) is 81.7 Å². The highest BCUT2D eigenvalue weighted by atomic mass is 79.9. The molecule has 0 aliphatic heterocycles. The van der Waals surface area contributed by atoms with E-state index in [2.05, 4.69) is 20.7 Å². The fourth-order valence-electron chi connectivity index (χ4n) is 3.46. The van der Waals surface area contributed by atoms with Crippen molar-refractivity contribution in [1.82, 2.24) is 0 Å². The molecule has 0 fully saturated rings. The maximum absolute atomic E-state index is 12.7. The summed E-state index contributed by atoms with van der Waals surface area (Å²) in [6, 6.07) is 5.50. The highest BCUT2D eigenvalue weighted by Crippen LogP contribution is 2.45. The molecule has 1 atom stereocenters. The van der Waals surface area contributed by atoms with Gasteiger partial charge in [-0.15, -0.1) is 0 Å². The second-order valence-corrected chi connectivity index (χ2v) is 11.6. The Labute approximate surface area is 203 Å². The summed E-state index contributed by atoms with van der Waals surface area (Å²) in [5, 5.41) is 0.612. The van der Waals surface area contributed by atoms with Crippen LogP contribution in [0.15, 0.2) is 22.7 Å². The Hall–Kier alpha value is -1.61. The fourth-order valence-corrected chi connectivity index (χ4v) is 4.90. The summed E-state index contributed by atoms with van der Waals surface area (Å²) in [6.45, 7) is 11.0. The lowest BCUT2D eigenvalue weighted by Gasteiger charge is -2.30. The van der Waals surface area contributed by atoms with Crippen molar-refractivity contribution in [1.29, 1.82) is 0 Å². The number of methoxy groups -OCH3 is 1. The number of esters is 1. The van der Waals surface area contributed by atoms with Gasteiger partial charge in [0.2, 0.25) is 10.0 Å². The molecule has 0 spiro atoms. The predicted octanol–water partition coefficient (Wildman–Crippen LogP) is 6.10. The number of benzene rings is 2. The number of carbonyl (C=O) groups is 1. The third kappa shape index (κ3) is 6.04. The summed E-state index contributed by atoms with van der Waals surface area (Å²) in [4.78, 5) is 12.7. The van der Waals surface area contributed by atoms with Gasteiger partial charge in [0.15, 0.2) is 6.10 Å². The van der Waals surface area contributed by atoms with E-state index in [4.69, 9.17) is 21.1 Å². The molecule has 0 unspecified atom stereocenters. The van der Waals surface area contributed by atoms with Crippen molar-refractivity contribution in [3.05, 3.63) is 49.9 Å². The standard InChI is InChI=1S/C23H29BrClNO5S/c1-12-11-15(9-10-16(12)25)17-13(2)19(24)18(14(3)20(17)26-32(8,28)29)21(22(27)30-7)31-23(4,5)6/h9-11,21,26H,1-8H3/t21-/m0/s1. The molecule has 1 N–H and O–H groups in total. The summed E-state index contributed by atoms with van der Waals surface area (Å²) >= 11 is 9.85. The van der Waals surface area contributed by atoms with Gasteiger partial charge < -0.3 is 9.47 Å². The fraction of sp³-hybridized carbons (Fsp3) is 0.435. The molecule has 0 aliphatic rings. The first-order valence-electron chi connectivity index (χ1n) is 9.90. The summed E-state index contributed by atoms with van der Waals surface area (Å²) in [6.07, 6.45) is 0.0262. The molecular weight excluding hydrogens is 518 g/mol. The number of ether oxygens (including phenoxy) is 2. The first-order chi connectivity index (χ1) is 14.6. The lowest BCUT2D eigenvalue weighted by molar-refractivity contribution is -0.164. The molecular formula is C23H29BrClNO5S. The van der Waals surface area contributed by atoms with Gasteiger partial charge in [0.1, 0.15) is 0 Å². The minimum atomic E-state index is -3.63. The smallest absolute Gasteiger partial charge is 0.339 e. The molecule has 2 aromatic rings.